The number of nitrogens with two attached hydrogens (primary N) is 1. The topological polar surface area (TPSA) is 124 Å². The van der Waals surface area contributed by atoms with Crippen LogP contribution in [-0.4, -0.2) is 41.8 Å². The maximum Gasteiger partial charge on any atom is 0.407 e. The molecule has 2 aromatic heterocycles. The number of hydrogen-bond acceptors (Lipinski definition) is 7. The largest absolute Gasteiger partial charge is 0.441 e. The third-order valence-corrected chi connectivity index (χ3v) is 6.92. The molecule has 1 aromatic carbocycles. The molecule has 3 N–H and O–H groups in total. The first-order chi connectivity index (χ1) is 16.4. The molecule has 178 valence electrons. The molecule has 0 atom stereocenters. The molecule has 1 saturated carbocycles. The van der Waals surface area contributed by atoms with Crippen molar-refractivity contribution in [3.05, 3.63) is 53.7 Å². The Bertz CT molecular complexity index is 1210. The van der Waals surface area contributed by atoms with Crippen molar-refractivity contribution in [1.82, 2.24) is 15.5 Å². The smallest absolute Gasteiger partial charge is 0.407 e. The number of pyridine rings is 1. The number of piperidine rings is 1. The van der Waals surface area contributed by atoms with Crippen molar-refractivity contribution in [3.63, 3.8) is 0 Å². The Kier molecular flexibility index (Phi) is 5.80. The van der Waals surface area contributed by atoms with Gasteiger partial charge in [-0.3, -0.25) is 4.79 Å². The van der Waals surface area contributed by atoms with Crippen LogP contribution >= 0.6 is 0 Å². The molecule has 0 unspecified atom stereocenters. The van der Waals surface area contributed by atoms with E-state index in [1.165, 1.54) is 18.2 Å². The highest BCUT2D eigenvalue weighted by Crippen LogP contribution is 2.52. The number of hydrogen-bond donors (Lipinski definition) is 2. The molecular weight excluding hydrogens is 441 g/mol. The number of anilines is 1. The van der Waals surface area contributed by atoms with Gasteiger partial charge in [-0.2, -0.15) is 0 Å². The van der Waals surface area contributed by atoms with Gasteiger partial charge in [0.15, 0.2) is 18.1 Å². The van der Waals surface area contributed by atoms with Gasteiger partial charge < -0.3 is 25.2 Å². The van der Waals surface area contributed by atoms with Gasteiger partial charge in [0.2, 0.25) is 0 Å². The molecule has 2 amide bonds. The van der Waals surface area contributed by atoms with E-state index < -0.39 is 12.0 Å². The lowest BCUT2D eigenvalue weighted by Gasteiger charge is -2.52. The van der Waals surface area contributed by atoms with Gasteiger partial charge in [0.1, 0.15) is 11.6 Å². The molecular formula is C24H26FN5O4. The van der Waals surface area contributed by atoms with E-state index in [1.807, 2.05) is 12.1 Å². The number of fused-ring (bicyclic) bond motifs is 1. The Hall–Kier alpha value is -3.69. The van der Waals surface area contributed by atoms with Crippen LogP contribution in [-0.2, 0) is 11.3 Å². The van der Waals surface area contributed by atoms with Crippen LogP contribution in [0.3, 0.4) is 0 Å². The Morgan fingerprint density at radius 3 is 2.74 bits per heavy atom. The number of carbonyl (C=O) groups excluding carboxylic acids is 2. The van der Waals surface area contributed by atoms with E-state index in [0.29, 0.717) is 17.9 Å². The van der Waals surface area contributed by atoms with E-state index in [4.69, 9.17) is 20.0 Å². The van der Waals surface area contributed by atoms with E-state index in [1.54, 1.807) is 6.07 Å². The fourth-order valence-corrected chi connectivity index (χ4v) is 5.10. The highest BCUT2D eigenvalue weighted by molar-refractivity contribution is 5.90. The van der Waals surface area contributed by atoms with E-state index in [-0.39, 0.29) is 23.9 Å². The number of nitrogens with one attached hydrogen (secondary N) is 1. The van der Waals surface area contributed by atoms with Crippen LogP contribution in [0.15, 0.2) is 40.9 Å². The first-order valence-electron chi connectivity index (χ1n) is 11.4. The van der Waals surface area contributed by atoms with Crippen LogP contribution in [0.2, 0.25) is 0 Å². The summed E-state index contributed by atoms with van der Waals surface area (Å²) in [7, 11) is 0. The molecule has 5 rings (SSSR count). The number of nitrogens with zero attached hydrogens (tertiary/aromatic N) is 3. The summed E-state index contributed by atoms with van der Waals surface area (Å²) < 4.78 is 23.4. The van der Waals surface area contributed by atoms with Crippen molar-refractivity contribution in [1.29, 1.82) is 0 Å². The molecule has 1 spiro atoms. The van der Waals surface area contributed by atoms with Crippen molar-refractivity contribution >= 4 is 28.7 Å². The van der Waals surface area contributed by atoms with Crippen LogP contribution < -0.4 is 16.0 Å². The summed E-state index contributed by atoms with van der Waals surface area (Å²) in [6, 6.07) is 9.91. The summed E-state index contributed by atoms with van der Waals surface area (Å²) in [4.78, 5) is 30.0. The molecule has 1 saturated heterocycles. The van der Waals surface area contributed by atoms with Crippen LogP contribution in [0.1, 0.15) is 41.9 Å². The van der Waals surface area contributed by atoms with Gasteiger partial charge in [-0.25, -0.2) is 14.2 Å². The quantitative estimate of drug-likeness (QED) is 0.570. The lowest BCUT2D eigenvalue weighted by atomic mass is 9.57. The second kappa shape index (κ2) is 8.92. The zero-order valence-corrected chi connectivity index (χ0v) is 18.6. The predicted octanol–water partition coefficient (Wildman–Crippen LogP) is 3.38. The molecule has 0 radical (unpaired) electrons. The van der Waals surface area contributed by atoms with E-state index in [2.05, 4.69) is 15.4 Å². The highest BCUT2D eigenvalue weighted by Gasteiger charge is 2.45. The number of amides is 2. The van der Waals surface area contributed by atoms with Crippen LogP contribution in [0, 0.1) is 17.2 Å². The van der Waals surface area contributed by atoms with Crippen molar-refractivity contribution in [2.75, 3.05) is 24.5 Å². The first-order valence-corrected chi connectivity index (χ1v) is 11.4. The minimum absolute atomic E-state index is 0.00314. The van der Waals surface area contributed by atoms with Gasteiger partial charge in [-0.15, -0.1) is 0 Å². The van der Waals surface area contributed by atoms with Crippen LogP contribution in [0.5, 0.6) is 0 Å². The molecule has 10 heteroatoms. The number of benzene rings is 1. The van der Waals surface area contributed by atoms with Crippen LogP contribution in [0.25, 0.3) is 10.9 Å². The zero-order valence-electron chi connectivity index (χ0n) is 18.6. The van der Waals surface area contributed by atoms with Gasteiger partial charge in [-0.05, 0) is 67.3 Å². The summed E-state index contributed by atoms with van der Waals surface area (Å²) >= 11 is 0. The average Bonchev–Trinajstić information content (AvgIpc) is 3.29. The normalized spacial score (nSPS) is 17.5. The predicted molar refractivity (Wildman–Crippen MR) is 122 cm³/mol. The fraction of sp³-hybridized carbons (Fsp3) is 0.417. The van der Waals surface area contributed by atoms with E-state index in [0.717, 1.165) is 55.5 Å². The number of ether oxygens (including phenoxy) is 1. The van der Waals surface area contributed by atoms with E-state index >= 15 is 0 Å². The molecule has 0 bridgehead atoms. The van der Waals surface area contributed by atoms with Crippen molar-refractivity contribution in [3.8, 4) is 0 Å². The van der Waals surface area contributed by atoms with Gasteiger partial charge in [0.05, 0.1) is 5.52 Å². The highest BCUT2D eigenvalue weighted by atomic mass is 19.1. The minimum Gasteiger partial charge on any atom is -0.441 e. The number of primary amides is 1. The van der Waals surface area contributed by atoms with Crippen molar-refractivity contribution in [2.24, 2.45) is 17.1 Å². The zero-order chi connectivity index (χ0) is 23.7. The molecule has 3 aromatic rings. The third kappa shape index (κ3) is 4.66. The summed E-state index contributed by atoms with van der Waals surface area (Å²) in [5.74, 6) is 0.669. The molecule has 1 aliphatic carbocycles. The fourth-order valence-electron chi connectivity index (χ4n) is 5.10. The van der Waals surface area contributed by atoms with Gasteiger partial charge in [0, 0.05) is 31.1 Å². The van der Waals surface area contributed by atoms with Gasteiger partial charge in [0.25, 0.3) is 5.91 Å². The summed E-state index contributed by atoms with van der Waals surface area (Å²) in [6.07, 6.45) is 3.80. The third-order valence-electron chi connectivity index (χ3n) is 6.92. The standard InChI is InChI=1S/C24H26FN5O4/c25-17-2-3-19-16(9-17)1-4-21(28-19)30-7-5-24(6-8-30)11-15(12-24)13-27-23(32)33-14-18-10-20(22(26)31)29-34-18/h1-4,9-10,15H,5-8,11-14H2,(H2,26,31)(H,27,32). The lowest BCUT2D eigenvalue weighted by molar-refractivity contribution is 0.0271. The summed E-state index contributed by atoms with van der Waals surface area (Å²) in [6.45, 7) is 2.32. The van der Waals surface area contributed by atoms with Crippen molar-refractivity contribution < 1.29 is 23.2 Å². The monoisotopic (exact) mass is 467 g/mol. The maximum absolute atomic E-state index is 13.4. The molecule has 2 fully saturated rings. The lowest BCUT2D eigenvalue weighted by Crippen LogP contribution is -2.49. The number of rotatable bonds is 6. The van der Waals surface area contributed by atoms with E-state index in [9.17, 15) is 14.0 Å². The molecule has 2 aliphatic rings. The second-order valence-corrected chi connectivity index (χ2v) is 9.27. The van der Waals surface area contributed by atoms with Crippen LogP contribution in [0.4, 0.5) is 15.0 Å². The summed E-state index contributed by atoms with van der Waals surface area (Å²) in [5, 5.41) is 7.10. The number of halogens is 1. The first kappa shape index (κ1) is 22.1. The molecule has 34 heavy (non-hydrogen) atoms. The summed E-state index contributed by atoms with van der Waals surface area (Å²) in [5.41, 5.74) is 6.24. The number of carbonyl (C=O) groups is 2. The Morgan fingerprint density at radius 2 is 2.00 bits per heavy atom. The number of aromatic nitrogens is 2. The minimum atomic E-state index is -0.700. The molecule has 9 nitrogen and oxygen atoms in total. The molecule has 3 heterocycles. The Balaban J connectivity index is 1.04. The van der Waals surface area contributed by atoms with Crippen molar-refractivity contribution in [2.45, 2.75) is 32.3 Å². The average molecular weight is 468 g/mol. The maximum atomic E-state index is 13.4. The molecule has 1 aliphatic heterocycles. The number of alkyl carbamates (subject to hydrolysis) is 1. The van der Waals surface area contributed by atoms with Gasteiger partial charge >= 0.3 is 6.09 Å². The Morgan fingerprint density at radius 1 is 1.21 bits per heavy atom. The van der Waals surface area contributed by atoms with Gasteiger partial charge in [-0.1, -0.05) is 5.16 Å². The SMILES string of the molecule is NC(=O)c1cc(COC(=O)NCC2CC3(CCN(c4ccc5cc(F)ccc5n4)CC3)C2)on1. The Labute approximate surface area is 195 Å². The second-order valence-electron chi connectivity index (χ2n) is 9.27.